The number of amides is 6. The number of likely N-dealkylation sites (N-methyl/N-ethyl adjacent to an activating group) is 1. The van der Waals surface area contributed by atoms with Crippen LogP contribution in [0.1, 0.15) is 141 Å². The number of aliphatic hydroxyl groups excluding tert-OH is 2. The molecule has 10 aliphatic heterocycles. The Morgan fingerprint density at radius 2 is 1.18 bits per heavy atom. The van der Waals surface area contributed by atoms with Crippen LogP contribution in [0.25, 0.3) is 10.8 Å². The summed E-state index contributed by atoms with van der Waals surface area (Å²) >= 11 is 2.77. The number of aliphatic hydroxyl groups is 2. The number of nitrogens with two attached hydrogens (primary N) is 2. The number of hydrogen-bond acceptors (Lipinski definition) is 29. The molecule has 39 heteroatoms. The maximum Gasteiger partial charge on any atom is 0.328 e. The van der Waals surface area contributed by atoms with Gasteiger partial charge in [-0.1, -0.05) is 107 Å². The predicted octanol–water partition coefficient (Wildman–Crippen LogP) is 4.18. The first-order valence-electron chi connectivity index (χ1n) is 39.4. The number of fused-ring (bicyclic) bond motifs is 17. The number of carboxylic acid groups (broad SMARTS) is 3. The highest BCUT2D eigenvalue weighted by atomic mass is 32.2. The van der Waals surface area contributed by atoms with Gasteiger partial charge in [0.1, 0.15) is 81.8 Å². The Labute approximate surface area is 713 Å². The van der Waals surface area contributed by atoms with E-state index in [-0.39, 0.29) is 73.5 Å². The van der Waals surface area contributed by atoms with E-state index in [9.17, 15) is 96.9 Å². The van der Waals surface area contributed by atoms with Crippen molar-refractivity contribution in [3.63, 3.8) is 0 Å². The smallest absolute Gasteiger partial charge is 0.328 e. The number of esters is 1. The Morgan fingerprint density at radius 1 is 0.680 bits per heavy atom. The molecule has 36 nitrogen and oxygen atoms in total. The van der Waals surface area contributed by atoms with Crippen LogP contribution in [0.5, 0.6) is 23.0 Å². The van der Waals surface area contributed by atoms with Crippen molar-refractivity contribution in [3.8, 4) is 23.0 Å². The van der Waals surface area contributed by atoms with Gasteiger partial charge in [-0.15, -0.1) is 23.5 Å². The van der Waals surface area contributed by atoms with Gasteiger partial charge in [-0.3, -0.25) is 43.4 Å². The lowest BCUT2D eigenvalue weighted by Gasteiger charge is -2.43. The maximum absolute atomic E-state index is 14.4. The summed E-state index contributed by atoms with van der Waals surface area (Å²) in [6.45, 7) is 25.0. The number of rotatable bonds is 13. The van der Waals surface area contributed by atoms with Crippen LogP contribution in [-0.4, -0.2) is 276 Å². The molecule has 0 spiro atoms. The fourth-order valence-corrected chi connectivity index (χ4v) is 21.9. The number of phenols is 3. The van der Waals surface area contributed by atoms with Crippen LogP contribution in [-0.2, 0) is 72.0 Å². The topological polar surface area (TPSA) is 537 Å². The number of anilines is 1. The summed E-state index contributed by atoms with van der Waals surface area (Å²) in [6, 6.07) is 11.5. The third-order valence-electron chi connectivity index (χ3n) is 23.9. The number of sulfone groups is 1. The normalized spacial score (nSPS) is 31.2. The lowest BCUT2D eigenvalue weighted by Crippen LogP contribution is -2.71. The quantitative estimate of drug-likeness (QED) is 0.0293. The van der Waals surface area contributed by atoms with Crippen LogP contribution in [0.15, 0.2) is 102 Å². The van der Waals surface area contributed by atoms with Crippen LogP contribution in [0.3, 0.4) is 0 Å². The van der Waals surface area contributed by atoms with Crippen LogP contribution >= 0.6 is 23.5 Å². The number of ketones is 1. The fourth-order valence-electron chi connectivity index (χ4n) is 16.6. The van der Waals surface area contributed by atoms with Gasteiger partial charge in [0.05, 0.1) is 64.2 Å². The molecule has 15 N–H and O–H groups in total. The van der Waals surface area contributed by atoms with Crippen molar-refractivity contribution in [2.24, 2.45) is 40.2 Å². The van der Waals surface area contributed by atoms with E-state index in [4.69, 9.17) is 35.5 Å². The molecular weight excluding hydrogens is 1650 g/mol. The predicted molar refractivity (Wildman–Crippen MR) is 448 cm³/mol. The number of aliphatic carboxylic acids is 3. The van der Waals surface area contributed by atoms with Gasteiger partial charge in [0, 0.05) is 96.8 Å². The molecule has 5 bridgehead atoms. The zero-order valence-corrected chi connectivity index (χ0v) is 72.7. The number of aromatic hydroxyl groups is 3. The van der Waals surface area contributed by atoms with Gasteiger partial charge in [-0.2, -0.15) is 5.10 Å². The van der Waals surface area contributed by atoms with Gasteiger partial charge in [0.25, 0.3) is 11.7 Å². The number of thioether (sulfide) groups is 2. The van der Waals surface area contributed by atoms with Crippen LogP contribution in [0.4, 0.5) is 5.69 Å². The summed E-state index contributed by atoms with van der Waals surface area (Å²) in [5.74, 6) is -13.7. The Kier molecular flexibility index (Phi) is 27.8. The Hall–Kier alpha value is -10.4. The van der Waals surface area contributed by atoms with Gasteiger partial charge in [-0.25, -0.2) is 22.8 Å². The first-order chi connectivity index (χ1) is 56.9. The minimum absolute atomic E-state index is 0.0559. The molecule has 662 valence electrons. The molecular formula is C83H107N11O25S3. The van der Waals surface area contributed by atoms with Crippen molar-refractivity contribution in [3.05, 3.63) is 125 Å². The van der Waals surface area contributed by atoms with Crippen molar-refractivity contribution in [1.29, 1.82) is 0 Å². The van der Waals surface area contributed by atoms with Crippen molar-refractivity contribution < 1.29 is 121 Å². The van der Waals surface area contributed by atoms with Gasteiger partial charge in [-0.05, 0) is 79.6 Å². The number of allylic oxidation sites excluding steroid dienone is 2. The molecule has 7 fully saturated rings. The number of piperazine rings is 1. The number of phenolic OH excluding ortho intramolecular Hbond substituents is 3. The van der Waals surface area contributed by atoms with Crippen LogP contribution < -0.4 is 32.2 Å². The number of nitrogens with one attached hydrogen (secondary N) is 3. The third kappa shape index (κ3) is 17.8. The molecule has 10 aliphatic rings. The van der Waals surface area contributed by atoms with E-state index < -0.39 is 196 Å². The minimum atomic E-state index is -3.57. The summed E-state index contributed by atoms with van der Waals surface area (Å²) in [4.78, 5) is 141. The van der Waals surface area contributed by atoms with Crippen molar-refractivity contribution in [2.75, 3.05) is 45.7 Å². The monoisotopic (exact) mass is 1750 g/mol. The first-order valence-corrected chi connectivity index (χ1v) is 42.7. The summed E-state index contributed by atoms with van der Waals surface area (Å²) in [5, 5.41) is 98.2. The van der Waals surface area contributed by atoms with E-state index in [1.807, 2.05) is 19.2 Å². The number of carbonyl (C=O) groups is 11. The average molecular weight is 1760 g/mol. The Balaban J connectivity index is 0.000000200. The van der Waals surface area contributed by atoms with Crippen LogP contribution in [0, 0.1) is 30.6 Å². The number of hydrazone groups is 1. The number of benzene rings is 4. The minimum Gasteiger partial charge on any atom is -0.507 e. The zero-order valence-electron chi connectivity index (χ0n) is 70.2. The van der Waals surface area contributed by atoms with E-state index >= 15 is 0 Å². The lowest BCUT2D eigenvalue weighted by molar-refractivity contribution is -0.161. The summed E-state index contributed by atoms with van der Waals surface area (Å²) < 4.78 is 44.7. The number of carbonyl (C=O) groups excluding carboxylic acids is 8. The van der Waals surface area contributed by atoms with E-state index in [2.05, 4.69) is 26.0 Å². The fraction of sp³-hybridized carbons (Fsp3) is 0.518. The molecule has 0 saturated carbocycles. The van der Waals surface area contributed by atoms with E-state index in [0.717, 1.165) is 18.0 Å². The molecule has 6 amide bonds. The standard InChI is InChI=1S/C43H58N4O12.2C16H19N3O4S.C8H11NO5S/c1-21-12-11-13-22(2)42(55)45-33-28(20-44-47-17-15-46(9)16-18-47)37(52)30-31(38(33)53)36(51)26(6)40-32(30)41(54)43(8,59-40)57-19-14-29(56-10)23(3)39(58-27(7)48)25(5)35(50)24(4)34(21)49;2*1-16(2)11(15(22)23)19-13(21)10(14(19)24-16)18-12(20)9(17)8-6-4-3-5-7-8;1-8(2)6(7(11)12)9-4(10)3-5(9)15(8,13)14/h11-14,19-21,23-25,29,34-35,39,49-53H,15-18H2,1-10H3,(H,45,55);2*3-7,9-11,14H,17H2,1-2H3,(H,18,20)(H,22,23);5-6H,3H2,1-2H3,(H,11,12)/b12-11+,19-14+,22-13-,44-20+;;;/t21-,23-,24-,25+,29+,34-,35+,39-,43+;2*9-,10-,11+,14-;5-,6+/m1111/s1. The third-order valence-corrected chi connectivity index (χ3v) is 29.8. The summed E-state index contributed by atoms with van der Waals surface area (Å²) in [5.41, 5.74) is 12.8. The molecule has 0 aromatic heterocycles. The molecule has 0 radical (unpaired) electrons. The van der Waals surface area contributed by atoms with Crippen molar-refractivity contribution in [2.45, 2.75) is 206 Å². The molecule has 4 aromatic carbocycles. The molecule has 0 aliphatic carbocycles. The first kappa shape index (κ1) is 93.9. The number of carboxylic acids is 3. The molecule has 4 aromatic rings. The highest BCUT2D eigenvalue weighted by Gasteiger charge is 2.69. The summed E-state index contributed by atoms with van der Waals surface area (Å²) in [6.07, 6.45) is 4.77. The van der Waals surface area contributed by atoms with Gasteiger partial charge >= 0.3 is 29.7 Å². The Morgan fingerprint density at radius 3 is 1.64 bits per heavy atom. The average Bonchev–Trinajstić information content (AvgIpc) is 1.54. The summed E-state index contributed by atoms with van der Waals surface area (Å²) in [7, 11) is -0.148. The van der Waals surface area contributed by atoms with E-state index in [0.29, 0.717) is 24.2 Å². The second kappa shape index (κ2) is 36.2. The second-order valence-corrected chi connectivity index (χ2v) is 39.6. The molecule has 19 atom stereocenters. The van der Waals surface area contributed by atoms with Gasteiger partial charge < -0.3 is 107 Å². The number of ether oxygens (including phenoxy) is 4. The number of methoxy groups -OCH3 is 1. The van der Waals surface area contributed by atoms with Crippen molar-refractivity contribution in [1.82, 2.24) is 35.2 Å². The van der Waals surface area contributed by atoms with Gasteiger partial charge in [0.15, 0.2) is 15.6 Å². The second-order valence-electron chi connectivity index (χ2n) is 33.4. The number of hydrogen-bond donors (Lipinski definition) is 13. The highest BCUT2D eigenvalue weighted by Crippen LogP contribution is 2.57. The van der Waals surface area contributed by atoms with Gasteiger partial charge in [0.2, 0.25) is 29.5 Å². The Bertz CT molecular complexity index is 4920. The number of β-lactam (4-membered cyclic amide) rings is 3. The zero-order chi connectivity index (χ0) is 90.6. The molecule has 0 unspecified atom stereocenters. The lowest BCUT2D eigenvalue weighted by atomic mass is 9.78. The highest BCUT2D eigenvalue weighted by molar-refractivity contribution is 8.02. The molecule has 7 saturated heterocycles. The van der Waals surface area contributed by atoms with Crippen molar-refractivity contribution >= 4 is 121 Å². The molecule has 14 rings (SSSR count). The maximum atomic E-state index is 14.4. The molecule has 122 heavy (non-hydrogen) atoms. The van der Waals surface area contributed by atoms with Crippen LogP contribution in [0.2, 0.25) is 0 Å². The number of nitrogens with zero attached hydrogens (tertiary/aromatic N) is 6. The van der Waals surface area contributed by atoms with E-state index in [1.165, 1.54) is 107 Å². The SMILES string of the molecule is CC1(C)S[C@@H]2[C@H](NC(=O)[C@H](N)c3ccccc3)C(=O)N2[C@H]1C(=O)O.CC1(C)S[C@@H]2[C@H](NC(=O)[C@H](N)c3ccccc3)C(=O)N2[C@H]1C(=O)O.CC1(C)[C@H](C(=O)O)N2C(=O)C[C@H]2S1(=O)=O.CO[C@H]1/C=C/O[C@@]2(C)Oc3c(C)c(O)c4c(O)c(c(/C=N/N5CCN(C)CC5)c(O)c4c3C2=O)NC(=O)/C(C)=C\C=C\[C@@H](C)[C@@H](O)[C@@H](C)[C@H](O)[C@H](C)[C@H](OC(C)=O)[C@@H]1C. The largest absolute Gasteiger partial charge is 0.507 e. The molecule has 10 heterocycles. The number of Topliss-reactive ketones (excluding diaryl/α,β-unsaturated/α-hetero) is 1. The van der Waals surface area contributed by atoms with E-state index in [1.54, 1.807) is 121 Å².